The number of carbonyl (C=O) groups is 2. The van der Waals surface area contributed by atoms with Crippen LogP contribution in [0.25, 0.3) is 0 Å². The number of phenolic OH excluding ortho intramolecular Hbond substituents is 1. The number of aromatic hydroxyl groups is 1. The molecule has 0 aliphatic heterocycles. The van der Waals surface area contributed by atoms with E-state index in [0.717, 1.165) is 25.0 Å². The normalized spacial score (nSPS) is 18.6. The molecule has 2 rings (SSSR count). The number of carboxylic acids is 1. The number of aliphatic carboxylic acids is 1. The smallest absolute Gasteiger partial charge is 0.310 e. The van der Waals surface area contributed by atoms with E-state index in [1.54, 1.807) is 6.08 Å². The molecule has 10 nitrogen and oxygen atoms in total. The fourth-order valence-corrected chi connectivity index (χ4v) is 4.43. The number of nitrogens with two attached hydrogens (primary N) is 1. The van der Waals surface area contributed by atoms with Gasteiger partial charge in [-0.05, 0) is 19.3 Å². The van der Waals surface area contributed by atoms with Gasteiger partial charge in [-0.25, -0.2) is 0 Å². The van der Waals surface area contributed by atoms with Gasteiger partial charge in [0.25, 0.3) is 0 Å². The summed E-state index contributed by atoms with van der Waals surface area (Å²) in [4.78, 5) is 21.6. The average molecular weight is 502 g/mol. The third kappa shape index (κ3) is 9.18. The Kier molecular flexibility index (Phi) is 10.3. The standard InChI is InChI=1S/C12H21NO3.C8H10AsNO5/c1-3-10(4-2)16-11-6-8(12(14)15)5-9(13)7-11;1-5(11)10-6-2-3-7(8(12)4-6)9(13,14)15/h5,8,10-11H,3-4,6-7,13H2,1-2H3,(H,14,15);2-4,12H,1H3,(H,10,11)(H2,13,14,15). The van der Waals surface area contributed by atoms with E-state index in [4.69, 9.17) is 23.8 Å². The number of ether oxygens (including phenoxy) is 1. The number of phenols is 1. The van der Waals surface area contributed by atoms with E-state index < -0.39 is 36.2 Å². The first-order valence-electron chi connectivity index (χ1n) is 9.88. The number of amides is 1. The summed E-state index contributed by atoms with van der Waals surface area (Å²) in [7, 11) is 0. The molecule has 0 aromatic heterocycles. The second kappa shape index (κ2) is 11.9. The Hall–Kier alpha value is -2.26. The van der Waals surface area contributed by atoms with Crippen LogP contribution < -0.4 is 15.4 Å². The largest absolute Gasteiger partial charge is 0.481 e. The van der Waals surface area contributed by atoms with Gasteiger partial charge in [-0.3, -0.25) is 4.79 Å². The van der Waals surface area contributed by atoms with Crippen molar-refractivity contribution in [2.24, 2.45) is 11.7 Å². The topological polar surface area (TPSA) is 179 Å². The number of carbonyl (C=O) groups excluding carboxylic acids is 1. The van der Waals surface area contributed by atoms with Gasteiger partial charge in [0, 0.05) is 12.1 Å². The van der Waals surface area contributed by atoms with Crippen molar-refractivity contribution in [1.82, 2.24) is 0 Å². The minimum Gasteiger partial charge on any atom is -0.481 e. The molecule has 1 amide bonds. The number of hydrogen-bond acceptors (Lipinski definition) is 6. The Bertz CT molecular complexity index is 848. The van der Waals surface area contributed by atoms with E-state index in [0.29, 0.717) is 18.5 Å². The number of rotatable bonds is 7. The molecule has 31 heavy (non-hydrogen) atoms. The van der Waals surface area contributed by atoms with Gasteiger partial charge in [0.2, 0.25) is 0 Å². The maximum absolute atomic E-state index is 10.9. The number of nitrogens with one attached hydrogen (secondary N) is 1. The van der Waals surface area contributed by atoms with Crippen molar-refractivity contribution in [3.05, 3.63) is 30.0 Å². The van der Waals surface area contributed by atoms with Gasteiger partial charge in [0.1, 0.15) is 0 Å². The van der Waals surface area contributed by atoms with Crippen LogP contribution in [0.15, 0.2) is 30.0 Å². The van der Waals surface area contributed by atoms with Crippen molar-refractivity contribution in [3.63, 3.8) is 0 Å². The summed E-state index contributed by atoms with van der Waals surface area (Å²) in [5, 5.41) is 20.7. The molecule has 0 bridgehead atoms. The van der Waals surface area contributed by atoms with Gasteiger partial charge >= 0.3 is 94.1 Å². The molecule has 7 N–H and O–H groups in total. The summed E-state index contributed by atoms with van der Waals surface area (Å²) < 4.78 is 34.1. The summed E-state index contributed by atoms with van der Waals surface area (Å²) in [6.45, 7) is 5.44. The van der Waals surface area contributed by atoms with E-state index in [9.17, 15) is 18.4 Å². The van der Waals surface area contributed by atoms with Crippen molar-refractivity contribution in [2.75, 3.05) is 5.32 Å². The van der Waals surface area contributed by atoms with Crippen LogP contribution in [-0.2, 0) is 18.1 Å². The minimum atomic E-state index is -5.09. The Morgan fingerprint density at radius 1 is 1.29 bits per heavy atom. The fourth-order valence-electron chi connectivity index (χ4n) is 3.10. The van der Waals surface area contributed by atoms with Gasteiger partial charge in [-0.1, -0.05) is 19.9 Å². The summed E-state index contributed by atoms with van der Waals surface area (Å²) in [5.74, 6) is -2.16. The molecule has 11 heteroatoms. The summed E-state index contributed by atoms with van der Waals surface area (Å²) in [5.41, 5.74) is 6.65. The first-order chi connectivity index (χ1) is 14.4. The van der Waals surface area contributed by atoms with Crippen molar-refractivity contribution in [3.8, 4) is 5.75 Å². The minimum absolute atomic E-state index is 0.0454. The van der Waals surface area contributed by atoms with Crippen molar-refractivity contribution in [1.29, 1.82) is 0 Å². The van der Waals surface area contributed by atoms with Crippen LogP contribution in [0.1, 0.15) is 46.5 Å². The van der Waals surface area contributed by atoms with E-state index in [1.165, 1.54) is 13.0 Å². The molecule has 1 aliphatic carbocycles. The molecule has 0 radical (unpaired) electrons. The van der Waals surface area contributed by atoms with Gasteiger partial charge in [-0.15, -0.1) is 0 Å². The Labute approximate surface area is 184 Å². The molecular weight excluding hydrogens is 471 g/mol. The first kappa shape index (κ1) is 26.8. The number of hydrogen-bond donors (Lipinski definition) is 6. The molecular formula is C20H31AsN2O8. The van der Waals surface area contributed by atoms with Gasteiger partial charge in [0.05, 0.1) is 18.1 Å². The SMILES string of the molecule is CC(=O)Nc1ccc([As](=O)(O)O)c(O)c1.CCC(CC)OC1CC(N)=CC(C(=O)O)C1. The molecule has 0 spiro atoms. The third-order valence-electron chi connectivity index (χ3n) is 4.62. The quantitative estimate of drug-likeness (QED) is 0.294. The number of anilines is 1. The zero-order valence-corrected chi connectivity index (χ0v) is 19.7. The molecule has 1 aromatic carbocycles. The van der Waals surface area contributed by atoms with Gasteiger partial charge < -0.3 is 15.6 Å². The van der Waals surface area contributed by atoms with Crippen molar-refractivity contribution in [2.45, 2.75) is 58.7 Å². The van der Waals surface area contributed by atoms with Crippen LogP contribution in [0.3, 0.4) is 0 Å². The predicted octanol–water partition coefficient (Wildman–Crippen LogP) is 0.809. The fraction of sp³-hybridized carbons (Fsp3) is 0.500. The predicted molar refractivity (Wildman–Crippen MR) is 115 cm³/mol. The van der Waals surface area contributed by atoms with Crippen LogP contribution in [0.5, 0.6) is 5.75 Å². The molecule has 0 fully saturated rings. The molecule has 174 valence electrons. The maximum atomic E-state index is 10.9. The zero-order valence-electron chi connectivity index (χ0n) is 17.8. The van der Waals surface area contributed by atoms with Crippen molar-refractivity contribution >= 4 is 36.1 Å². The van der Waals surface area contributed by atoms with Gasteiger partial charge in [0.15, 0.2) is 0 Å². The first-order valence-corrected chi connectivity index (χ1v) is 13.3. The van der Waals surface area contributed by atoms with Gasteiger partial charge in [-0.2, -0.15) is 0 Å². The Morgan fingerprint density at radius 2 is 1.90 bits per heavy atom. The van der Waals surface area contributed by atoms with E-state index in [2.05, 4.69) is 19.2 Å². The van der Waals surface area contributed by atoms with Crippen molar-refractivity contribution < 1.29 is 36.5 Å². The summed E-state index contributed by atoms with van der Waals surface area (Å²) in [6, 6.07) is 3.51. The zero-order chi connectivity index (χ0) is 23.8. The Balaban J connectivity index is 0.000000311. The molecule has 0 saturated carbocycles. The maximum Gasteiger partial charge on any atom is 0.310 e. The monoisotopic (exact) mass is 502 g/mol. The molecule has 0 saturated heterocycles. The molecule has 2 unspecified atom stereocenters. The average Bonchev–Trinajstić information content (AvgIpc) is 2.64. The molecule has 0 heterocycles. The molecule has 2 atom stereocenters. The number of carboxylic acid groups (broad SMARTS) is 1. The summed E-state index contributed by atoms with van der Waals surface area (Å²) in [6.07, 6.45) is 4.89. The summed E-state index contributed by atoms with van der Waals surface area (Å²) >= 11 is -5.09. The molecule has 1 aliphatic rings. The third-order valence-corrected chi connectivity index (χ3v) is 6.73. The number of benzene rings is 1. The van der Waals surface area contributed by atoms with Crippen LogP contribution in [0.2, 0.25) is 0 Å². The second-order valence-electron chi connectivity index (χ2n) is 7.25. The van der Waals surface area contributed by atoms with Crippen LogP contribution >= 0.6 is 0 Å². The second-order valence-corrected chi connectivity index (χ2v) is 10.5. The van der Waals surface area contributed by atoms with E-state index in [1.807, 2.05) is 0 Å². The Morgan fingerprint density at radius 3 is 2.35 bits per heavy atom. The van der Waals surface area contributed by atoms with E-state index >= 15 is 0 Å². The van der Waals surface area contributed by atoms with Crippen LogP contribution in [0, 0.1) is 5.92 Å². The van der Waals surface area contributed by atoms with Crippen LogP contribution in [-0.4, -0.2) is 56.7 Å². The molecule has 1 aromatic rings. The van der Waals surface area contributed by atoms with E-state index in [-0.39, 0.29) is 23.8 Å². The van der Waals surface area contributed by atoms with Crippen LogP contribution in [0.4, 0.5) is 5.69 Å².